The first-order chi connectivity index (χ1) is 14.3. The van der Waals surface area contributed by atoms with Gasteiger partial charge in [0.15, 0.2) is 0 Å². The maximum absolute atomic E-state index is 12.7. The maximum atomic E-state index is 12.7. The van der Waals surface area contributed by atoms with Gasteiger partial charge in [-0.2, -0.15) is 0 Å². The second kappa shape index (κ2) is 8.34. The highest BCUT2D eigenvalue weighted by Gasteiger charge is 2.40. The third kappa shape index (κ3) is 4.64. The summed E-state index contributed by atoms with van der Waals surface area (Å²) >= 11 is 12.0. The summed E-state index contributed by atoms with van der Waals surface area (Å²) in [5, 5.41) is 14.5. The highest BCUT2D eigenvalue weighted by molar-refractivity contribution is 6.31. The first kappa shape index (κ1) is 20.8. The third-order valence-corrected chi connectivity index (χ3v) is 5.81. The Morgan fingerprint density at radius 2 is 1.57 bits per heavy atom. The van der Waals surface area contributed by atoms with Crippen LogP contribution in [0.4, 0.5) is 0 Å². The molecule has 4 rings (SSSR count). The topological polar surface area (TPSA) is 75.1 Å². The van der Waals surface area contributed by atoms with E-state index in [1.807, 2.05) is 24.3 Å². The lowest BCUT2D eigenvalue weighted by molar-refractivity contribution is 0.0353. The number of hydrogen-bond acceptors (Lipinski definition) is 4. The molecule has 1 amide bonds. The fourth-order valence-electron chi connectivity index (χ4n) is 3.33. The van der Waals surface area contributed by atoms with E-state index in [2.05, 4.69) is 15.3 Å². The highest BCUT2D eigenvalue weighted by atomic mass is 35.5. The van der Waals surface area contributed by atoms with Gasteiger partial charge in [0.05, 0.1) is 23.2 Å². The van der Waals surface area contributed by atoms with Gasteiger partial charge in [-0.1, -0.05) is 47.5 Å². The fraction of sp³-hybridized carbons (Fsp3) is 0.261. The number of hydrogen-bond donors (Lipinski definition) is 2. The van der Waals surface area contributed by atoms with E-state index in [9.17, 15) is 9.90 Å². The molecular weight excluding hydrogens is 421 g/mol. The van der Waals surface area contributed by atoms with Gasteiger partial charge in [0.1, 0.15) is 5.69 Å². The van der Waals surface area contributed by atoms with Gasteiger partial charge in [0, 0.05) is 27.7 Å². The molecule has 0 spiro atoms. The minimum Gasteiger partial charge on any atom is -0.388 e. The molecule has 154 valence electrons. The highest BCUT2D eigenvalue weighted by Crippen LogP contribution is 2.39. The zero-order valence-electron chi connectivity index (χ0n) is 16.4. The molecule has 2 aromatic carbocycles. The fourth-order valence-corrected chi connectivity index (χ4v) is 3.58. The van der Waals surface area contributed by atoms with Crippen molar-refractivity contribution in [1.29, 1.82) is 0 Å². The second-order valence-corrected chi connectivity index (χ2v) is 8.65. The van der Waals surface area contributed by atoms with Crippen molar-refractivity contribution in [3.05, 3.63) is 70.5 Å². The third-order valence-electron chi connectivity index (χ3n) is 5.30. The van der Waals surface area contributed by atoms with Crippen LogP contribution in [0, 0.1) is 5.92 Å². The largest absolute Gasteiger partial charge is 0.388 e. The Morgan fingerprint density at radius 1 is 1.03 bits per heavy atom. The average Bonchev–Trinajstić information content (AvgIpc) is 3.59. The predicted molar refractivity (Wildman–Crippen MR) is 119 cm³/mol. The van der Waals surface area contributed by atoms with Crippen LogP contribution >= 0.6 is 23.2 Å². The minimum absolute atomic E-state index is 0.174. The van der Waals surface area contributed by atoms with Crippen molar-refractivity contribution in [1.82, 2.24) is 15.3 Å². The summed E-state index contributed by atoms with van der Waals surface area (Å²) in [5.41, 5.74) is 2.10. The van der Waals surface area contributed by atoms with E-state index in [1.54, 1.807) is 31.2 Å². The minimum atomic E-state index is -0.911. The summed E-state index contributed by atoms with van der Waals surface area (Å²) in [4.78, 5) is 21.8. The standard InChI is InChI=1S/C23H21Cl2N3O2/c1-23(30,16-6-7-16)13-27-22(29)19-12-26-20(14-2-8-17(24)9-3-14)21(28-19)15-4-10-18(25)11-5-15/h2-5,8-12,16,30H,6-7,13H2,1H3,(H,27,29)/t23-/m0/s1. The van der Waals surface area contributed by atoms with Gasteiger partial charge in [0.25, 0.3) is 5.91 Å². The molecule has 30 heavy (non-hydrogen) atoms. The van der Waals surface area contributed by atoms with E-state index in [1.165, 1.54) is 6.20 Å². The number of rotatable bonds is 6. The number of amides is 1. The van der Waals surface area contributed by atoms with Crippen molar-refractivity contribution in [3.8, 4) is 22.5 Å². The molecule has 1 atom stereocenters. The maximum Gasteiger partial charge on any atom is 0.271 e. The summed E-state index contributed by atoms with van der Waals surface area (Å²) in [7, 11) is 0. The molecule has 1 heterocycles. The van der Waals surface area contributed by atoms with Crippen LogP contribution in [0.3, 0.4) is 0 Å². The van der Waals surface area contributed by atoms with Gasteiger partial charge in [-0.15, -0.1) is 0 Å². The van der Waals surface area contributed by atoms with Crippen molar-refractivity contribution < 1.29 is 9.90 Å². The molecule has 1 aliphatic carbocycles. The van der Waals surface area contributed by atoms with Gasteiger partial charge in [-0.3, -0.25) is 9.78 Å². The first-order valence-electron chi connectivity index (χ1n) is 9.73. The Hall–Kier alpha value is -2.47. The van der Waals surface area contributed by atoms with Gasteiger partial charge >= 0.3 is 0 Å². The molecular formula is C23H21Cl2N3O2. The summed E-state index contributed by atoms with van der Waals surface area (Å²) in [6.45, 7) is 1.92. The lowest BCUT2D eigenvalue weighted by atomic mass is 10.0. The zero-order chi connectivity index (χ0) is 21.3. The number of benzene rings is 2. The van der Waals surface area contributed by atoms with E-state index in [-0.39, 0.29) is 24.1 Å². The van der Waals surface area contributed by atoms with Gasteiger partial charge in [0.2, 0.25) is 0 Å². The first-order valence-corrected chi connectivity index (χ1v) is 10.5. The molecule has 1 saturated carbocycles. The molecule has 5 nitrogen and oxygen atoms in total. The molecule has 7 heteroatoms. The monoisotopic (exact) mass is 441 g/mol. The van der Waals surface area contributed by atoms with E-state index < -0.39 is 5.60 Å². The predicted octanol–water partition coefficient (Wildman–Crippen LogP) is 5.01. The quantitative estimate of drug-likeness (QED) is 0.563. The molecule has 0 unspecified atom stereocenters. The summed E-state index contributed by atoms with van der Waals surface area (Å²) in [6.07, 6.45) is 3.42. The average molecular weight is 442 g/mol. The van der Waals surface area contributed by atoms with Crippen LogP contribution < -0.4 is 5.32 Å². The van der Waals surface area contributed by atoms with Crippen molar-refractivity contribution in [3.63, 3.8) is 0 Å². The molecule has 0 saturated heterocycles. The van der Waals surface area contributed by atoms with Crippen molar-refractivity contribution in [2.75, 3.05) is 6.54 Å². The summed E-state index contributed by atoms with van der Waals surface area (Å²) in [6, 6.07) is 14.5. The molecule has 1 aliphatic rings. The molecule has 1 fully saturated rings. The van der Waals surface area contributed by atoms with Crippen LogP contribution in [0.15, 0.2) is 54.7 Å². The lowest BCUT2D eigenvalue weighted by Gasteiger charge is -2.23. The van der Waals surface area contributed by atoms with Crippen LogP contribution in [0.5, 0.6) is 0 Å². The van der Waals surface area contributed by atoms with Crippen LogP contribution in [-0.2, 0) is 0 Å². The molecule has 0 aliphatic heterocycles. The van der Waals surface area contributed by atoms with Crippen LogP contribution in [0.2, 0.25) is 10.0 Å². The Bertz CT molecular complexity index is 1060. The Labute approximate surface area is 185 Å². The van der Waals surface area contributed by atoms with Crippen molar-refractivity contribution >= 4 is 29.1 Å². The van der Waals surface area contributed by atoms with Crippen LogP contribution in [0.25, 0.3) is 22.5 Å². The number of nitrogens with zero attached hydrogens (tertiary/aromatic N) is 2. The van der Waals surface area contributed by atoms with Gasteiger partial charge in [-0.05, 0) is 49.9 Å². The van der Waals surface area contributed by atoms with E-state index in [0.717, 1.165) is 24.0 Å². The molecule has 0 radical (unpaired) electrons. The second-order valence-electron chi connectivity index (χ2n) is 7.78. The number of aliphatic hydroxyl groups is 1. The lowest BCUT2D eigenvalue weighted by Crippen LogP contribution is -2.42. The Balaban J connectivity index is 1.67. The van der Waals surface area contributed by atoms with Crippen molar-refractivity contribution in [2.45, 2.75) is 25.4 Å². The van der Waals surface area contributed by atoms with Crippen molar-refractivity contribution in [2.24, 2.45) is 5.92 Å². The Morgan fingerprint density at radius 3 is 2.10 bits per heavy atom. The summed E-state index contributed by atoms with van der Waals surface area (Å²) < 4.78 is 0. The number of aromatic nitrogens is 2. The normalized spacial score (nSPS) is 15.5. The summed E-state index contributed by atoms with van der Waals surface area (Å²) in [5.74, 6) is -0.137. The van der Waals surface area contributed by atoms with Gasteiger partial charge < -0.3 is 10.4 Å². The smallest absolute Gasteiger partial charge is 0.271 e. The molecule has 1 aromatic heterocycles. The van der Waals surface area contributed by atoms with E-state index >= 15 is 0 Å². The molecule has 2 N–H and O–H groups in total. The SMILES string of the molecule is C[C@](O)(CNC(=O)c1cnc(-c2ccc(Cl)cc2)c(-c2ccc(Cl)cc2)n1)C1CC1. The molecule has 0 bridgehead atoms. The number of carbonyl (C=O) groups excluding carboxylic acids is 1. The van der Waals surface area contributed by atoms with E-state index in [4.69, 9.17) is 23.2 Å². The zero-order valence-corrected chi connectivity index (χ0v) is 17.9. The van der Waals surface area contributed by atoms with Gasteiger partial charge in [-0.25, -0.2) is 4.98 Å². The number of nitrogens with one attached hydrogen (secondary N) is 1. The number of halogens is 2. The molecule has 3 aromatic rings. The van der Waals surface area contributed by atoms with Crippen LogP contribution in [-0.4, -0.2) is 33.1 Å². The Kier molecular flexibility index (Phi) is 5.78. The van der Waals surface area contributed by atoms with E-state index in [0.29, 0.717) is 21.4 Å². The van der Waals surface area contributed by atoms with Crippen LogP contribution in [0.1, 0.15) is 30.3 Å². The number of carbonyl (C=O) groups is 1.